The first kappa shape index (κ1) is 15.0. The summed E-state index contributed by atoms with van der Waals surface area (Å²) in [6, 6.07) is 1.62. The molecule has 0 aromatic carbocycles. The van der Waals surface area contributed by atoms with Crippen molar-refractivity contribution in [2.75, 3.05) is 26.3 Å². The van der Waals surface area contributed by atoms with Crippen LogP contribution in [0.2, 0.25) is 0 Å². The zero-order valence-corrected chi connectivity index (χ0v) is 11.6. The van der Waals surface area contributed by atoms with Gasteiger partial charge in [-0.15, -0.1) is 0 Å². The van der Waals surface area contributed by atoms with E-state index in [1.54, 1.807) is 11.0 Å². The molecule has 1 aliphatic rings. The lowest BCUT2D eigenvalue weighted by Crippen LogP contribution is -2.49. The fourth-order valence-electron chi connectivity index (χ4n) is 2.41. The summed E-state index contributed by atoms with van der Waals surface area (Å²) in [5.41, 5.74) is 0.491. The predicted octanol–water partition coefficient (Wildman–Crippen LogP) is 0.500. The molecule has 1 aromatic heterocycles. The van der Waals surface area contributed by atoms with Gasteiger partial charge in [0.15, 0.2) is 0 Å². The largest absolute Gasteiger partial charge is 0.472 e. The maximum Gasteiger partial charge on any atom is 0.257 e. The van der Waals surface area contributed by atoms with Gasteiger partial charge in [-0.3, -0.25) is 4.79 Å². The minimum Gasteiger partial charge on any atom is -0.472 e. The third-order valence-electron chi connectivity index (χ3n) is 3.50. The van der Waals surface area contributed by atoms with E-state index in [4.69, 9.17) is 9.15 Å². The molecule has 6 nitrogen and oxygen atoms in total. The van der Waals surface area contributed by atoms with Crippen LogP contribution in [0.5, 0.6) is 0 Å². The molecule has 1 amide bonds. The first-order valence-electron chi connectivity index (χ1n) is 6.88. The maximum absolute atomic E-state index is 12.3. The Morgan fingerprint density at radius 3 is 2.90 bits per heavy atom. The summed E-state index contributed by atoms with van der Waals surface area (Å²) in [5.74, 6) is -0.408. The van der Waals surface area contributed by atoms with E-state index in [1.807, 2.05) is 6.92 Å². The Hall–Kier alpha value is -1.37. The second kappa shape index (κ2) is 6.88. The molecule has 20 heavy (non-hydrogen) atoms. The molecule has 0 radical (unpaired) electrons. The zero-order chi connectivity index (χ0) is 14.5. The van der Waals surface area contributed by atoms with E-state index in [0.717, 1.165) is 6.42 Å². The van der Waals surface area contributed by atoms with Crippen LogP contribution >= 0.6 is 0 Å². The number of nitrogens with zero attached hydrogens (tertiary/aromatic N) is 1. The minimum atomic E-state index is -0.888. The number of aliphatic hydroxyl groups is 2. The lowest BCUT2D eigenvalue weighted by Gasteiger charge is -2.35. The van der Waals surface area contributed by atoms with Gasteiger partial charge in [-0.25, -0.2) is 0 Å². The van der Waals surface area contributed by atoms with E-state index in [1.165, 1.54) is 12.5 Å². The van der Waals surface area contributed by atoms with Crippen molar-refractivity contribution in [1.29, 1.82) is 0 Å². The van der Waals surface area contributed by atoms with Crippen LogP contribution in [0.25, 0.3) is 0 Å². The second-order valence-corrected chi connectivity index (χ2v) is 5.12. The number of carbonyl (C=O) groups is 1. The van der Waals surface area contributed by atoms with Crippen LogP contribution in [0, 0.1) is 5.92 Å². The van der Waals surface area contributed by atoms with Crippen molar-refractivity contribution >= 4 is 5.91 Å². The number of hydrogen-bond acceptors (Lipinski definition) is 5. The summed E-state index contributed by atoms with van der Waals surface area (Å²) in [7, 11) is 0. The average molecular weight is 283 g/mol. The van der Waals surface area contributed by atoms with E-state index in [-0.39, 0.29) is 18.4 Å². The molecule has 6 heteroatoms. The van der Waals surface area contributed by atoms with Crippen molar-refractivity contribution in [2.45, 2.75) is 25.6 Å². The highest BCUT2D eigenvalue weighted by molar-refractivity contribution is 5.93. The fraction of sp³-hybridized carbons (Fsp3) is 0.643. The van der Waals surface area contributed by atoms with Crippen molar-refractivity contribution < 1.29 is 24.2 Å². The van der Waals surface area contributed by atoms with E-state index >= 15 is 0 Å². The molecule has 112 valence electrons. The number of aliphatic hydroxyl groups excluding tert-OH is 2. The summed E-state index contributed by atoms with van der Waals surface area (Å²) < 4.78 is 10.2. The molecule has 1 aromatic rings. The number of rotatable bonds is 5. The van der Waals surface area contributed by atoms with E-state index < -0.39 is 12.2 Å². The Morgan fingerprint density at radius 2 is 2.25 bits per heavy atom. The third kappa shape index (κ3) is 3.39. The van der Waals surface area contributed by atoms with Crippen LogP contribution in [-0.2, 0) is 4.74 Å². The first-order valence-corrected chi connectivity index (χ1v) is 6.88. The zero-order valence-electron chi connectivity index (χ0n) is 11.6. The van der Waals surface area contributed by atoms with E-state index in [2.05, 4.69) is 0 Å². The van der Waals surface area contributed by atoms with Crippen LogP contribution in [0.1, 0.15) is 23.7 Å². The second-order valence-electron chi connectivity index (χ2n) is 5.12. The number of carbonyl (C=O) groups excluding carboxylic acids is 1. The van der Waals surface area contributed by atoms with E-state index in [0.29, 0.717) is 25.3 Å². The Morgan fingerprint density at radius 1 is 1.45 bits per heavy atom. The smallest absolute Gasteiger partial charge is 0.257 e. The molecule has 0 unspecified atom stereocenters. The third-order valence-corrected chi connectivity index (χ3v) is 3.50. The Labute approximate surface area is 117 Å². The van der Waals surface area contributed by atoms with Crippen molar-refractivity contribution in [2.24, 2.45) is 5.92 Å². The molecule has 2 rings (SSSR count). The van der Waals surface area contributed by atoms with Crippen molar-refractivity contribution in [3.8, 4) is 0 Å². The molecule has 1 fully saturated rings. The summed E-state index contributed by atoms with van der Waals surface area (Å²) in [6.07, 6.45) is 1.94. The van der Waals surface area contributed by atoms with Crippen LogP contribution < -0.4 is 0 Å². The molecule has 2 N–H and O–H groups in total. The van der Waals surface area contributed by atoms with Gasteiger partial charge in [0, 0.05) is 19.0 Å². The van der Waals surface area contributed by atoms with Gasteiger partial charge in [-0.05, 0) is 12.5 Å². The Bertz CT molecular complexity index is 419. The summed E-state index contributed by atoms with van der Waals surface area (Å²) in [4.78, 5) is 14.0. The highest BCUT2D eigenvalue weighted by atomic mass is 16.5. The van der Waals surface area contributed by atoms with Crippen LogP contribution in [-0.4, -0.2) is 59.5 Å². The molecular formula is C14H21NO5. The van der Waals surface area contributed by atoms with Gasteiger partial charge in [-0.1, -0.05) is 6.92 Å². The normalized spacial score (nSPS) is 26.4. The molecule has 1 aliphatic heterocycles. The first-order chi connectivity index (χ1) is 9.63. The predicted molar refractivity (Wildman–Crippen MR) is 71.2 cm³/mol. The highest BCUT2D eigenvalue weighted by Crippen LogP contribution is 2.18. The van der Waals surface area contributed by atoms with Crippen LogP contribution in [0.15, 0.2) is 23.0 Å². The SMILES string of the molecule is CCCN(C[C@@H]1COC[C@@H](O)[C@H]1O)C(=O)c1ccoc1. The molecule has 1 saturated heterocycles. The van der Waals surface area contributed by atoms with Gasteiger partial charge in [-0.2, -0.15) is 0 Å². The monoisotopic (exact) mass is 283 g/mol. The quantitative estimate of drug-likeness (QED) is 0.822. The van der Waals surface area contributed by atoms with Crippen molar-refractivity contribution in [1.82, 2.24) is 4.90 Å². The van der Waals surface area contributed by atoms with Crippen LogP contribution in [0.3, 0.4) is 0 Å². The number of amides is 1. The standard InChI is InChI=1S/C14H21NO5/c1-2-4-15(14(18)10-3-5-19-7-10)6-11-8-20-9-12(16)13(11)17/h3,5,7,11-13,16-17H,2,4,6,8-9H2,1H3/t11-,12-,13+/m1/s1. The van der Waals surface area contributed by atoms with Gasteiger partial charge in [0.25, 0.3) is 5.91 Å². The molecule has 0 bridgehead atoms. The van der Waals surface area contributed by atoms with E-state index in [9.17, 15) is 15.0 Å². The van der Waals surface area contributed by atoms with Gasteiger partial charge >= 0.3 is 0 Å². The summed E-state index contributed by atoms with van der Waals surface area (Å²) >= 11 is 0. The van der Waals surface area contributed by atoms with Crippen LogP contribution in [0.4, 0.5) is 0 Å². The van der Waals surface area contributed by atoms with Crippen molar-refractivity contribution in [3.63, 3.8) is 0 Å². The highest BCUT2D eigenvalue weighted by Gasteiger charge is 2.33. The van der Waals surface area contributed by atoms with Gasteiger partial charge in [0.05, 0.1) is 31.1 Å². The average Bonchev–Trinajstić information content (AvgIpc) is 2.96. The maximum atomic E-state index is 12.3. The molecular weight excluding hydrogens is 262 g/mol. The number of hydrogen-bond donors (Lipinski definition) is 2. The molecule has 3 atom stereocenters. The van der Waals surface area contributed by atoms with Gasteiger partial charge in [0.1, 0.15) is 12.4 Å². The van der Waals surface area contributed by atoms with Gasteiger partial charge in [0.2, 0.25) is 0 Å². The number of furan rings is 1. The molecule has 0 saturated carbocycles. The fourth-order valence-corrected chi connectivity index (χ4v) is 2.41. The Kier molecular flexibility index (Phi) is 5.17. The lowest BCUT2D eigenvalue weighted by atomic mass is 9.95. The Balaban J connectivity index is 2.03. The summed E-state index contributed by atoms with van der Waals surface area (Å²) in [6.45, 7) is 3.41. The topological polar surface area (TPSA) is 83.1 Å². The number of ether oxygens (including phenoxy) is 1. The molecule has 0 aliphatic carbocycles. The van der Waals surface area contributed by atoms with Gasteiger partial charge < -0.3 is 24.3 Å². The van der Waals surface area contributed by atoms with Crippen molar-refractivity contribution in [3.05, 3.63) is 24.2 Å². The molecule has 0 spiro atoms. The molecule has 2 heterocycles. The summed E-state index contributed by atoms with van der Waals surface area (Å²) in [5, 5.41) is 19.6. The lowest BCUT2D eigenvalue weighted by molar-refractivity contribution is -0.124. The minimum absolute atomic E-state index is 0.132.